The molecule has 0 saturated heterocycles. The van der Waals surface area contributed by atoms with E-state index in [1.165, 1.54) is 12.4 Å². The zero-order chi connectivity index (χ0) is 23.3. The lowest BCUT2D eigenvalue weighted by Crippen LogP contribution is -2.34. The normalized spacial score (nSPS) is 13.8. The van der Waals surface area contributed by atoms with Crippen molar-refractivity contribution < 1.29 is 13.2 Å². The van der Waals surface area contributed by atoms with Gasteiger partial charge in [0, 0.05) is 38.8 Å². The van der Waals surface area contributed by atoms with Crippen LogP contribution in [0, 0.1) is 0 Å². The van der Waals surface area contributed by atoms with Gasteiger partial charge in [0.15, 0.2) is 11.6 Å². The number of nitrogens with zero attached hydrogens (tertiary/aromatic N) is 7. The average molecular weight is 483 g/mol. The first-order chi connectivity index (χ1) is 15.3. The van der Waals surface area contributed by atoms with Crippen LogP contribution in [0.4, 0.5) is 5.95 Å². The molecular weight excluding hydrogens is 456 g/mol. The maximum atomic E-state index is 13.3. The lowest BCUT2D eigenvalue weighted by molar-refractivity contribution is 0.0466. The van der Waals surface area contributed by atoms with Crippen molar-refractivity contribution in [2.45, 2.75) is 51.5 Å². The van der Waals surface area contributed by atoms with Gasteiger partial charge in [-0.05, 0) is 25.8 Å². The molecule has 0 aliphatic carbocycles. The number of hydrogen-bond donors (Lipinski definition) is 1. The van der Waals surface area contributed by atoms with Crippen molar-refractivity contribution >= 4 is 27.6 Å². The molecule has 11 nitrogen and oxygen atoms in total. The zero-order valence-electron chi connectivity index (χ0n) is 18.4. The van der Waals surface area contributed by atoms with E-state index in [1.54, 1.807) is 35.5 Å². The van der Waals surface area contributed by atoms with Gasteiger partial charge in [-0.3, -0.25) is 14.0 Å². The second kappa shape index (κ2) is 10.4. The predicted molar refractivity (Wildman–Crippen MR) is 121 cm³/mol. The SMILES string of the molecule is CCCO[C@@H](c1ncc(Cl)cn1)[C@H](C)S(=O)(=O)Nc1nnc(-c2ccn(C)n2)n1CCC. The Morgan fingerprint density at radius 3 is 2.50 bits per heavy atom. The van der Waals surface area contributed by atoms with Crippen LogP contribution in [0.5, 0.6) is 0 Å². The first-order valence-corrected chi connectivity index (χ1v) is 12.2. The molecule has 0 amide bonds. The fourth-order valence-corrected chi connectivity index (χ4v) is 4.27. The molecule has 174 valence electrons. The highest BCUT2D eigenvalue weighted by atomic mass is 35.5. The van der Waals surface area contributed by atoms with Crippen molar-refractivity contribution in [3.63, 3.8) is 0 Å². The van der Waals surface area contributed by atoms with E-state index >= 15 is 0 Å². The summed E-state index contributed by atoms with van der Waals surface area (Å²) in [5.74, 6) is 0.841. The van der Waals surface area contributed by atoms with Crippen molar-refractivity contribution in [2.24, 2.45) is 7.05 Å². The summed E-state index contributed by atoms with van der Waals surface area (Å²) in [6, 6.07) is 1.80. The van der Waals surface area contributed by atoms with Crippen LogP contribution in [-0.2, 0) is 28.4 Å². The van der Waals surface area contributed by atoms with Crippen molar-refractivity contribution in [1.29, 1.82) is 0 Å². The topological polar surface area (TPSA) is 130 Å². The van der Waals surface area contributed by atoms with Crippen LogP contribution in [0.15, 0.2) is 24.7 Å². The minimum atomic E-state index is -3.94. The Labute approximate surface area is 192 Å². The molecule has 0 aliphatic rings. The molecule has 3 rings (SSSR count). The quantitative estimate of drug-likeness (QED) is 0.441. The minimum Gasteiger partial charge on any atom is -0.369 e. The molecule has 0 aliphatic heterocycles. The molecule has 0 fully saturated rings. The van der Waals surface area contributed by atoms with E-state index in [0.717, 1.165) is 6.42 Å². The standard InChI is InChI=1S/C19H27ClN8O3S/c1-5-8-28-18(15-7-9-27(4)25-15)23-24-19(28)26-32(29,30)13(3)16(31-10-6-2)17-21-11-14(20)12-22-17/h7,9,11-13,16H,5-6,8,10H2,1-4H3,(H,24,26)/t13-,16+/m0/s1. The number of anilines is 1. The molecule has 0 bridgehead atoms. The maximum Gasteiger partial charge on any atom is 0.240 e. The molecule has 3 aromatic heterocycles. The second-order valence-electron chi connectivity index (χ2n) is 7.28. The van der Waals surface area contributed by atoms with Gasteiger partial charge in [0.25, 0.3) is 0 Å². The predicted octanol–water partition coefficient (Wildman–Crippen LogP) is 2.83. The van der Waals surface area contributed by atoms with Gasteiger partial charge in [0.05, 0.1) is 5.02 Å². The Bertz CT molecular complexity index is 1130. The van der Waals surface area contributed by atoms with Gasteiger partial charge in [-0.15, -0.1) is 10.2 Å². The Hall–Kier alpha value is -2.57. The third kappa shape index (κ3) is 5.43. The molecule has 1 N–H and O–H groups in total. The van der Waals surface area contributed by atoms with E-state index in [4.69, 9.17) is 16.3 Å². The summed E-state index contributed by atoms with van der Waals surface area (Å²) in [6.07, 6.45) is 5.19. The first-order valence-electron chi connectivity index (χ1n) is 10.3. The van der Waals surface area contributed by atoms with E-state index in [1.807, 2.05) is 13.8 Å². The summed E-state index contributed by atoms with van der Waals surface area (Å²) in [7, 11) is -2.15. The fourth-order valence-electron chi connectivity index (χ4n) is 3.05. The summed E-state index contributed by atoms with van der Waals surface area (Å²) in [5, 5.41) is 11.9. The summed E-state index contributed by atoms with van der Waals surface area (Å²) in [4.78, 5) is 8.32. The summed E-state index contributed by atoms with van der Waals surface area (Å²) in [6.45, 7) is 6.33. The molecule has 0 unspecified atom stereocenters. The molecular formula is C19H27ClN8O3S. The van der Waals surface area contributed by atoms with Crippen molar-refractivity contribution in [1.82, 2.24) is 34.5 Å². The van der Waals surface area contributed by atoms with Crippen LogP contribution in [-0.4, -0.2) is 54.8 Å². The van der Waals surface area contributed by atoms with Gasteiger partial charge < -0.3 is 4.74 Å². The smallest absolute Gasteiger partial charge is 0.240 e. The maximum absolute atomic E-state index is 13.3. The monoisotopic (exact) mass is 482 g/mol. The molecule has 0 radical (unpaired) electrons. The number of rotatable bonds is 11. The highest BCUT2D eigenvalue weighted by Gasteiger charge is 2.35. The first kappa shape index (κ1) is 24.1. The molecule has 2 atom stereocenters. The van der Waals surface area contributed by atoms with E-state index < -0.39 is 21.4 Å². The molecule has 0 saturated carbocycles. The van der Waals surface area contributed by atoms with Gasteiger partial charge in [-0.1, -0.05) is 25.4 Å². The van der Waals surface area contributed by atoms with Gasteiger partial charge in [0.1, 0.15) is 17.0 Å². The second-order valence-corrected chi connectivity index (χ2v) is 9.75. The largest absolute Gasteiger partial charge is 0.369 e. The number of ether oxygens (including phenoxy) is 1. The summed E-state index contributed by atoms with van der Waals surface area (Å²) < 4.78 is 38.3. The Kier molecular flexibility index (Phi) is 7.80. The highest BCUT2D eigenvalue weighted by molar-refractivity contribution is 7.93. The van der Waals surface area contributed by atoms with E-state index in [-0.39, 0.29) is 11.8 Å². The van der Waals surface area contributed by atoms with E-state index in [9.17, 15) is 8.42 Å². The zero-order valence-corrected chi connectivity index (χ0v) is 20.0. The lowest BCUT2D eigenvalue weighted by Gasteiger charge is -2.23. The molecule has 3 aromatic rings. The van der Waals surface area contributed by atoms with Crippen LogP contribution in [0.1, 0.15) is 45.5 Å². The number of sulfonamides is 1. The average Bonchev–Trinajstić information content (AvgIpc) is 3.35. The molecule has 32 heavy (non-hydrogen) atoms. The van der Waals surface area contributed by atoms with E-state index in [2.05, 4.69) is 30.0 Å². The van der Waals surface area contributed by atoms with Crippen molar-refractivity contribution in [3.05, 3.63) is 35.5 Å². The van der Waals surface area contributed by atoms with Crippen molar-refractivity contribution in [3.8, 4) is 11.5 Å². The lowest BCUT2D eigenvalue weighted by atomic mass is 10.2. The third-order valence-electron chi connectivity index (χ3n) is 4.69. The minimum absolute atomic E-state index is 0.116. The molecule has 13 heteroatoms. The van der Waals surface area contributed by atoms with Gasteiger partial charge >= 0.3 is 0 Å². The summed E-state index contributed by atoms with van der Waals surface area (Å²) >= 11 is 5.88. The third-order valence-corrected chi connectivity index (χ3v) is 6.57. The Balaban J connectivity index is 1.91. The van der Waals surface area contributed by atoms with Crippen LogP contribution >= 0.6 is 11.6 Å². The number of halogens is 1. The van der Waals surface area contributed by atoms with Crippen LogP contribution in [0.25, 0.3) is 11.5 Å². The van der Waals surface area contributed by atoms with Crippen LogP contribution in [0.2, 0.25) is 5.02 Å². The Morgan fingerprint density at radius 2 is 1.91 bits per heavy atom. The van der Waals surface area contributed by atoms with E-state index in [0.29, 0.717) is 36.1 Å². The number of aryl methyl sites for hydroxylation is 1. The van der Waals surface area contributed by atoms with Gasteiger partial charge in [0.2, 0.25) is 16.0 Å². The Morgan fingerprint density at radius 1 is 1.19 bits per heavy atom. The number of aromatic nitrogens is 7. The summed E-state index contributed by atoms with van der Waals surface area (Å²) in [5.41, 5.74) is 0.602. The van der Waals surface area contributed by atoms with Gasteiger partial charge in [-0.2, -0.15) is 5.10 Å². The van der Waals surface area contributed by atoms with Gasteiger partial charge in [-0.25, -0.2) is 18.4 Å². The number of nitrogens with one attached hydrogen (secondary N) is 1. The highest BCUT2D eigenvalue weighted by Crippen LogP contribution is 2.27. The number of hydrogen-bond acceptors (Lipinski definition) is 8. The van der Waals surface area contributed by atoms with Crippen LogP contribution in [0.3, 0.4) is 0 Å². The molecule has 0 spiro atoms. The molecule has 3 heterocycles. The fraction of sp³-hybridized carbons (Fsp3) is 0.526. The van der Waals surface area contributed by atoms with Crippen LogP contribution < -0.4 is 4.72 Å². The van der Waals surface area contributed by atoms with Crippen molar-refractivity contribution in [2.75, 3.05) is 11.3 Å². The molecule has 0 aromatic carbocycles.